The standard InChI is InChI=1S/C13H17F4N/c1-3-18-12(6-7-13(15,16)17)10-5-4-9(2)11(14)8-10/h4-5,8,12,18H,3,6-7H2,1-2H3. The van der Waals surface area contributed by atoms with Crippen molar-refractivity contribution in [2.75, 3.05) is 6.54 Å². The number of aryl methyl sites for hydroxylation is 1. The van der Waals surface area contributed by atoms with Crippen LogP contribution in [0.15, 0.2) is 18.2 Å². The fraction of sp³-hybridized carbons (Fsp3) is 0.538. The maximum Gasteiger partial charge on any atom is 0.389 e. The highest BCUT2D eigenvalue weighted by atomic mass is 19.4. The lowest BCUT2D eigenvalue weighted by atomic mass is 10.00. The SMILES string of the molecule is CCNC(CCC(F)(F)F)c1ccc(C)c(F)c1. The predicted octanol–water partition coefficient (Wildman–Crippen LogP) is 4.13. The first-order valence-corrected chi connectivity index (χ1v) is 5.89. The first kappa shape index (κ1) is 15.0. The van der Waals surface area contributed by atoms with Gasteiger partial charge in [0.1, 0.15) is 5.82 Å². The molecule has 1 N–H and O–H groups in total. The molecule has 0 aromatic heterocycles. The summed E-state index contributed by atoms with van der Waals surface area (Å²) in [7, 11) is 0. The average molecular weight is 263 g/mol. The van der Waals surface area contributed by atoms with Crippen LogP contribution in [0.1, 0.15) is 36.9 Å². The quantitative estimate of drug-likeness (QED) is 0.788. The van der Waals surface area contributed by atoms with E-state index in [1.165, 1.54) is 6.07 Å². The third-order valence-corrected chi connectivity index (χ3v) is 2.77. The Morgan fingerprint density at radius 1 is 1.28 bits per heavy atom. The second-order valence-electron chi connectivity index (χ2n) is 4.27. The Hall–Kier alpha value is -1.10. The van der Waals surface area contributed by atoms with Gasteiger partial charge in [0.15, 0.2) is 0 Å². The average Bonchev–Trinajstić information content (AvgIpc) is 2.27. The zero-order chi connectivity index (χ0) is 13.8. The molecule has 18 heavy (non-hydrogen) atoms. The largest absolute Gasteiger partial charge is 0.389 e. The summed E-state index contributed by atoms with van der Waals surface area (Å²) in [6, 6.07) is 4.09. The molecule has 0 amide bonds. The van der Waals surface area contributed by atoms with Gasteiger partial charge in [0.2, 0.25) is 0 Å². The highest BCUT2D eigenvalue weighted by molar-refractivity contribution is 5.25. The molecule has 0 saturated heterocycles. The third kappa shape index (κ3) is 4.64. The molecule has 5 heteroatoms. The van der Waals surface area contributed by atoms with Crippen LogP contribution in [-0.4, -0.2) is 12.7 Å². The molecule has 0 aliphatic heterocycles. The number of benzene rings is 1. The third-order valence-electron chi connectivity index (χ3n) is 2.77. The van der Waals surface area contributed by atoms with Crippen LogP contribution in [0.4, 0.5) is 17.6 Å². The van der Waals surface area contributed by atoms with E-state index >= 15 is 0 Å². The molecular formula is C13H17F4N. The Bertz CT molecular complexity index is 387. The van der Waals surface area contributed by atoms with E-state index in [9.17, 15) is 17.6 Å². The topological polar surface area (TPSA) is 12.0 Å². The maximum atomic E-state index is 13.4. The number of rotatable bonds is 5. The van der Waals surface area contributed by atoms with Crippen LogP contribution >= 0.6 is 0 Å². The Balaban J connectivity index is 2.80. The fourth-order valence-electron chi connectivity index (χ4n) is 1.77. The van der Waals surface area contributed by atoms with E-state index in [0.717, 1.165) is 0 Å². The van der Waals surface area contributed by atoms with Crippen molar-refractivity contribution < 1.29 is 17.6 Å². The summed E-state index contributed by atoms with van der Waals surface area (Å²) in [6.45, 7) is 3.97. The lowest BCUT2D eigenvalue weighted by molar-refractivity contribution is -0.136. The summed E-state index contributed by atoms with van der Waals surface area (Å²) in [5.74, 6) is -0.387. The molecule has 0 fully saturated rings. The van der Waals surface area contributed by atoms with Crippen molar-refractivity contribution >= 4 is 0 Å². The summed E-state index contributed by atoms with van der Waals surface area (Å²) in [4.78, 5) is 0. The molecule has 1 aromatic carbocycles. The van der Waals surface area contributed by atoms with E-state index in [1.54, 1.807) is 19.1 Å². The van der Waals surface area contributed by atoms with Crippen LogP contribution < -0.4 is 5.32 Å². The van der Waals surface area contributed by atoms with Gasteiger partial charge in [-0.25, -0.2) is 4.39 Å². The van der Waals surface area contributed by atoms with E-state index in [4.69, 9.17) is 0 Å². The van der Waals surface area contributed by atoms with Crippen molar-refractivity contribution in [2.24, 2.45) is 0 Å². The van der Waals surface area contributed by atoms with E-state index < -0.39 is 18.6 Å². The summed E-state index contributed by atoms with van der Waals surface area (Å²) in [5, 5.41) is 2.95. The Kier molecular flexibility index (Phi) is 5.14. The maximum absolute atomic E-state index is 13.4. The molecular weight excluding hydrogens is 246 g/mol. The zero-order valence-electron chi connectivity index (χ0n) is 10.4. The smallest absolute Gasteiger partial charge is 0.310 e. The second-order valence-corrected chi connectivity index (χ2v) is 4.27. The van der Waals surface area contributed by atoms with Crippen LogP contribution in [0.5, 0.6) is 0 Å². The van der Waals surface area contributed by atoms with E-state index in [0.29, 0.717) is 17.7 Å². The van der Waals surface area contributed by atoms with Crippen molar-refractivity contribution in [2.45, 2.75) is 38.9 Å². The van der Waals surface area contributed by atoms with Gasteiger partial charge in [-0.2, -0.15) is 13.2 Å². The van der Waals surface area contributed by atoms with Gasteiger partial charge in [-0.15, -0.1) is 0 Å². The first-order chi connectivity index (χ1) is 8.33. The van der Waals surface area contributed by atoms with Gasteiger partial charge >= 0.3 is 6.18 Å². The van der Waals surface area contributed by atoms with E-state index in [1.807, 2.05) is 6.92 Å². The van der Waals surface area contributed by atoms with Crippen LogP contribution in [-0.2, 0) is 0 Å². The van der Waals surface area contributed by atoms with E-state index in [-0.39, 0.29) is 12.2 Å². The molecule has 0 aliphatic carbocycles. The van der Waals surface area contributed by atoms with Crippen molar-refractivity contribution in [3.63, 3.8) is 0 Å². The molecule has 102 valence electrons. The van der Waals surface area contributed by atoms with Gasteiger partial charge in [-0.3, -0.25) is 0 Å². The van der Waals surface area contributed by atoms with Gasteiger partial charge in [0.25, 0.3) is 0 Å². The van der Waals surface area contributed by atoms with Crippen LogP contribution in [0.2, 0.25) is 0 Å². The zero-order valence-corrected chi connectivity index (χ0v) is 10.4. The van der Waals surface area contributed by atoms with E-state index in [2.05, 4.69) is 5.32 Å². The fourth-order valence-corrected chi connectivity index (χ4v) is 1.77. The minimum atomic E-state index is -4.18. The number of hydrogen-bond acceptors (Lipinski definition) is 1. The normalized spacial score (nSPS) is 13.7. The minimum absolute atomic E-state index is 0.0835. The summed E-state index contributed by atoms with van der Waals surface area (Å²) >= 11 is 0. The first-order valence-electron chi connectivity index (χ1n) is 5.89. The second kappa shape index (κ2) is 6.18. The number of halogens is 4. The Labute approximate surface area is 104 Å². The molecule has 0 saturated carbocycles. The molecule has 0 spiro atoms. The number of nitrogens with one attached hydrogen (secondary N) is 1. The molecule has 1 aromatic rings. The van der Waals surface area contributed by atoms with Gasteiger partial charge in [-0.05, 0) is 37.1 Å². The van der Waals surface area contributed by atoms with Crippen molar-refractivity contribution in [1.29, 1.82) is 0 Å². The van der Waals surface area contributed by atoms with Gasteiger partial charge < -0.3 is 5.32 Å². The van der Waals surface area contributed by atoms with Gasteiger partial charge in [-0.1, -0.05) is 19.1 Å². The summed E-state index contributed by atoms with van der Waals surface area (Å²) in [6.07, 6.45) is -5.14. The van der Waals surface area contributed by atoms with Crippen molar-refractivity contribution in [3.8, 4) is 0 Å². The lowest BCUT2D eigenvalue weighted by Gasteiger charge is -2.19. The van der Waals surface area contributed by atoms with Crippen molar-refractivity contribution in [3.05, 3.63) is 35.1 Å². The summed E-state index contributed by atoms with van der Waals surface area (Å²) in [5.41, 5.74) is 1.05. The highest BCUT2D eigenvalue weighted by Crippen LogP contribution is 2.28. The summed E-state index contributed by atoms with van der Waals surface area (Å²) < 4.78 is 50.0. The molecule has 1 atom stereocenters. The molecule has 1 rings (SSSR count). The van der Waals surface area contributed by atoms with Crippen LogP contribution in [0, 0.1) is 12.7 Å². The Morgan fingerprint density at radius 2 is 1.94 bits per heavy atom. The molecule has 1 unspecified atom stereocenters. The molecule has 0 heterocycles. The van der Waals surface area contributed by atoms with Gasteiger partial charge in [0, 0.05) is 12.5 Å². The highest BCUT2D eigenvalue weighted by Gasteiger charge is 2.28. The van der Waals surface area contributed by atoms with Crippen LogP contribution in [0.25, 0.3) is 0 Å². The molecule has 0 aliphatic rings. The molecule has 0 radical (unpaired) electrons. The minimum Gasteiger partial charge on any atom is -0.310 e. The van der Waals surface area contributed by atoms with Gasteiger partial charge in [0.05, 0.1) is 0 Å². The van der Waals surface area contributed by atoms with Crippen molar-refractivity contribution in [1.82, 2.24) is 5.32 Å². The lowest BCUT2D eigenvalue weighted by Crippen LogP contribution is -2.23. The monoisotopic (exact) mass is 263 g/mol. The predicted molar refractivity (Wildman–Crippen MR) is 62.8 cm³/mol. The molecule has 1 nitrogen and oxygen atoms in total. The number of hydrogen-bond donors (Lipinski definition) is 1. The molecule has 0 bridgehead atoms. The van der Waals surface area contributed by atoms with Crippen LogP contribution in [0.3, 0.4) is 0 Å². The number of alkyl halides is 3. The Morgan fingerprint density at radius 3 is 2.44 bits per heavy atom.